The standard InChI is InChI=1S/C23H19ClN4O3S/c1-13-17(8-7-14(10-25)20(13)24)28-22(30)21-18-9-15(27(21)23(28)31)11-26(18)19(29)12-32-16-5-3-2-4-6-16/h2-8,15,18,21H,9,11-12H2,1H3. The molecule has 7 nitrogen and oxygen atoms in total. The minimum Gasteiger partial charge on any atom is -0.334 e. The summed E-state index contributed by atoms with van der Waals surface area (Å²) in [5.41, 5.74) is 1.18. The second kappa shape index (κ2) is 7.84. The molecule has 4 amide bonds. The Kier molecular flexibility index (Phi) is 5.11. The van der Waals surface area contributed by atoms with E-state index in [-0.39, 0.29) is 40.7 Å². The van der Waals surface area contributed by atoms with Gasteiger partial charge in [0.2, 0.25) is 5.91 Å². The Bertz CT molecular complexity index is 1180. The number of thioether (sulfide) groups is 1. The molecule has 5 rings (SSSR count). The lowest BCUT2D eigenvalue weighted by atomic mass is 10.1. The van der Waals surface area contributed by atoms with Gasteiger partial charge >= 0.3 is 6.03 Å². The molecular weight excluding hydrogens is 448 g/mol. The molecule has 3 saturated heterocycles. The van der Waals surface area contributed by atoms with Gasteiger partial charge in [0, 0.05) is 11.4 Å². The van der Waals surface area contributed by atoms with Crippen molar-refractivity contribution < 1.29 is 14.4 Å². The number of fused-ring (bicyclic) bond motifs is 5. The number of nitrogens with zero attached hydrogens (tertiary/aromatic N) is 4. The zero-order valence-corrected chi connectivity index (χ0v) is 18.8. The number of likely N-dealkylation sites (tertiary alicyclic amines) is 1. The molecule has 2 aromatic carbocycles. The second-order valence-electron chi connectivity index (χ2n) is 8.10. The average Bonchev–Trinajstić information content (AvgIpc) is 3.47. The van der Waals surface area contributed by atoms with Crippen LogP contribution in [0.3, 0.4) is 0 Å². The van der Waals surface area contributed by atoms with Crippen molar-refractivity contribution in [3.05, 3.63) is 58.6 Å². The highest BCUT2D eigenvalue weighted by Crippen LogP contribution is 2.43. The minimum atomic E-state index is -0.680. The van der Waals surface area contributed by atoms with Crippen LogP contribution >= 0.6 is 23.4 Å². The summed E-state index contributed by atoms with van der Waals surface area (Å²) in [6.07, 6.45) is 0.616. The van der Waals surface area contributed by atoms with E-state index < -0.39 is 6.04 Å². The van der Waals surface area contributed by atoms with Gasteiger partial charge in [-0.25, -0.2) is 9.69 Å². The number of hydrogen-bond donors (Lipinski definition) is 0. The van der Waals surface area contributed by atoms with Crippen molar-refractivity contribution >= 4 is 46.9 Å². The highest BCUT2D eigenvalue weighted by Gasteiger charge is 2.62. The van der Waals surface area contributed by atoms with Gasteiger partial charge in [0.25, 0.3) is 5.91 Å². The van der Waals surface area contributed by atoms with E-state index in [1.807, 2.05) is 36.4 Å². The highest BCUT2D eigenvalue weighted by atomic mass is 35.5. The first-order chi connectivity index (χ1) is 15.4. The smallest absolute Gasteiger partial charge is 0.332 e. The first kappa shape index (κ1) is 20.9. The van der Waals surface area contributed by atoms with Gasteiger partial charge < -0.3 is 9.80 Å². The number of anilines is 1. The van der Waals surface area contributed by atoms with Crippen LogP contribution in [0.2, 0.25) is 5.02 Å². The van der Waals surface area contributed by atoms with Crippen LogP contribution < -0.4 is 4.90 Å². The fourth-order valence-corrected chi connectivity index (χ4v) is 5.92. The molecular formula is C23H19ClN4O3S. The predicted octanol–water partition coefficient (Wildman–Crippen LogP) is 3.43. The average molecular weight is 467 g/mol. The SMILES string of the molecule is Cc1c(N2C(=O)C3C4CC(CN4C(=O)CSc4ccccc4)N3C2=O)ccc(C#N)c1Cl. The van der Waals surface area contributed by atoms with Gasteiger partial charge in [-0.3, -0.25) is 9.59 Å². The van der Waals surface area contributed by atoms with Crippen LogP contribution in [-0.4, -0.2) is 58.1 Å². The number of hydrogen-bond acceptors (Lipinski definition) is 5. The summed E-state index contributed by atoms with van der Waals surface area (Å²) in [6.45, 7) is 2.13. The van der Waals surface area contributed by atoms with Crippen LogP contribution in [0.4, 0.5) is 10.5 Å². The number of carbonyl (C=O) groups excluding carboxylic acids is 3. The van der Waals surface area contributed by atoms with Crippen LogP contribution in [-0.2, 0) is 9.59 Å². The van der Waals surface area contributed by atoms with Crippen LogP contribution in [0, 0.1) is 18.3 Å². The van der Waals surface area contributed by atoms with Crippen molar-refractivity contribution in [3.8, 4) is 6.07 Å². The number of carbonyl (C=O) groups is 3. The third kappa shape index (κ3) is 3.07. The molecule has 2 bridgehead atoms. The first-order valence-electron chi connectivity index (χ1n) is 10.2. The topological polar surface area (TPSA) is 84.7 Å². The Balaban J connectivity index is 1.37. The zero-order chi connectivity index (χ0) is 22.6. The predicted molar refractivity (Wildman–Crippen MR) is 120 cm³/mol. The summed E-state index contributed by atoms with van der Waals surface area (Å²) < 4.78 is 0. The largest absolute Gasteiger partial charge is 0.334 e. The summed E-state index contributed by atoms with van der Waals surface area (Å²) in [4.78, 5) is 45.0. The summed E-state index contributed by atoms with van der Waals surface area (Å²) in [5, 5.41) is 9.41. The number of urea groups is 1. The summed E-state index contributed by atoms with van der Waals surface area (Å²) in [7, 11) is 0. The third-order valence-corrected chi connectivity index (χ3v) is 7.89. The molecule has 0 radical (unpaired) electrons. The first-order valence-corrected chi connectivity index (χ1v) is 11.6. The number of amides is 4. The van der Waals surface area contributed by atoms with Crippen molar-refractivity contribution in [2.75, 3.05) is 17.2 Å². The lowest BCUT2D eigenvalue weighted by Crippen LogP contribution is -2.55. The van der Waals surface area contributed by atoms with Gasteiger partial charge in [-0.2, -0.15) is 5.26 Å². The number of imide groups is 1. The normalized spacial score (nSPS) is 23.7. The lowest BCUT2D eigenvalue weighted by molar-refractivity contribution is -0.133. The van der Waals surface area contributed by atoms with E-state index in [1.165, 1.54) is 17.8 Å². The van der Waals surface area contributed by atoms with Crippen LogP contribution in [0.5, 0.6) is 0 Å². The quantitative estimate of drug-likeness (QED) is 0.509. The molecule has 2 aromatic rings. The van der Waals surface area contributed by atoms with Crippen molar-refractivity contribution in [1.29, 1.82) is 5.26 Å². The molecule has 3 aliphatic rings. The van der Waals surface area contributed by atoms with Gasteiger partial charge in [0.1, 0.15) is 12.1 Å². The van der Waals surface area contributed by atoms with Crippen molar-refractivity contribution in [1.82, 2.24) is 9.80 Å². The van der Waals surface area contributed by atoms with Gasteiger partial charge in [-0.1, -0.05) is 29.8 Å². The van der Waals surface area contributed by atoms with E-state index in [1.54, 1.807) is 22.8 Å². The second-order valence-corrected chi connectivity index (χ2v) is 9.52. The Morgan fingerprint density at radius 2 is 1.97 bits per heavy atom. The lowest BCUT2D eigenvalue weighted by Gasteiger charge is -2.34. The molecule has 3 atom stereocenters. The Hall–Kier alpha value is -3.02. The number of piperazine rings is 1. The van der Waals surface area contributed by atoms with E-state index in [0.29, 0.717) is 29.8 Å². The number of rotatable bonds is 4. The molecule has 3 unspecified atom stereocenters. The third-order valence-electron chi connectivity index (χ3n) is 6.41. The van der Waals surface area contributed by atoms with Crippen LogP contribution in [0.1, 0.15) is 17.5 Å². The Morgan fingerprint density at radius 3 is 2.69 bits per heavy atom. The molecule has 32 heavy (non-hydrogen) atoms. The number of halogens is 1. The van der Waals surface area contributed by atoms with Crippen LogP contribution in [0.15, 0.2) is 47.4 Å². The molecule has 0 aromatic heterocycles. The fourth-order valence-electron chi connectivity index (χ4n) is 4.91. The van der Waals surface area contributed by atoms with Crippen molar-refractivity contribution in [2.24, 2.45) is 0 Å². The molecule has 3 aliphatic heterocycles. The molecule has 9 heteroatoms. The highest BCUT2D eigenvalue weighted by molar-refractivity contribution is 8.00. The summed E-state index contributed by atoms with van der Waals surface area (Å²) in [6, 6.07) is 13.2. The maximum atomic E-state index is 13.4. The van der Waals surface area contributed by atoms with Gasteiger partial charge in [0.05, 0.1) is 34.1 Å². The van der Waals surface area contributed by atoms with E-state index in [9.17, 15) is 19.6 Å². The Morgan fingerprint density at radius 1 is 1.22 bits per heavy atom. The molecule has 3 fully saturated rings. The molecule has 0 spiro atoms. The number of nitriles is 1. The zero-order valence-electron chi connectivity index (χ0n) is 17.2. The van der Waals surface area contributed by atoms with E-state index in [4.69, 9.17) is 11.6 Å². The molecule has 0 aliphatic carbocycles. The molecule has 3 heterocycles. The van der Waals surface area contributed by atoms with Gasteiger partial charge in [-0.05, 0) is 43.2 Å². The Labute approximate surface area is 194 Å². The monoisotopic (exact) mass is 466 g/mol. The van der Waals surface area contributed by atoms with Gasteiger partial charge in [-0.15, -0.1) is 11.8 Å². The van der Waals surface area contributed by atoms with Crippen LogP contribution in [0.25, 0.3) is 0 Å². The molecule has 0 saturated carbocycles. The number of benzene rings is 2. The molecule has 0 N–H and O–H groups in total. The van der Waals surface area contributed by atoms with E-state index >= 15 is 0 Å². The van der Waals surface area contributed by atoms with E-state index in [2.05, 4.69) is 0 Å². The van der Waals surface area contributed by atoms with Crippen molar-refractivity contribution in [3.63, 3.8) is 0 Å². The summed E-state index contributed by atoms with van der Waals surface area (Å²) >= 11 is 7.74. The molecule has 162 valence electrons. The van der Waals surface area contributed by atoms with E-state index in [0.717, 1.165) is 9.80 Å². The van der Waals surface area contributed by atoms with Crippen molar-refractivity contribution in [2.45, 2.75) is 36.4 Å². The van der Waals surface area contributed by atoms with Gasteiger partial charge in [0.15, 0.2) is 0 Å². The maximum Gasteiger partial charge on any atom is 0.332 e. The summed E-state index contributed by atoms with van der Waals surface area (Å²) in [5.74, 6) is -0.0854. The minimum absolute atomic E-state index is 0.0256. The maximum absolute atomic E-state index is 13.4. The fraction of sp³-hybridized carbons (Fsp3) is 0.304.